The molecule has 0 spiro atoms. The van der Waals surface area contributed by atoms with Crippen molar-refractivity contribution in [2.24, 2.45) is 0 Å². The Morgan fingerprint density at radius 1 is 1.40 bits per heavy atom. The van der Waals surface area contributed by atoms with Crippen molar-refractivity contribution in [3.63, 3.8) is 0 Å². The topological polar surface area (TPSA) is 52.8 Å². The van der Waals surface area contributed by atoms with Gasteiger partial charge < -0.3 is 4.74 Å². The van der Waals surface area contributed by atoms with Crippen molar-refractivity contribution in [1.82, 2.24) is 19.7 Å². The summed E-state index contributed by atoms with van der Waals surface area (Å²) in [5.74, 6) is 0.983. The average Bonchev–Trinajstić information content (AvgIpc) is 2.66. The molecule has 0 unspecified atom stereocenters. The van der Waals surface area contributed by atoms with Gasteiger partial charge in [-0.05, 0) is 28.4 Å². The van der Waals surface area contributed by atoms with Crippen LogP contribution in [0.1, 0.15) is 5.56 Å². The minimum atomic E-state index is 0.489. The molecule has 0 N–H and O–H groups in total. The van der Waals surface area contributed by atoms with Gasteiger partial charge in [0.2, 0.25) is 5.88 Å². The Bertz CT molecular complexity index is 483. The van der Waals surface area contributed by atoms with Gasteiger partial charge in [-0.1, -0.05) is 0 Å². The van der Waals surface area contributed by atoms with Crippen LogP contribution in [0.4, 0.5) is 0 Å². The fraction of sp³-hybridized carbons (Fsp3) is 0.222. The van der Waals surface area contributed by atoms with Crippen LogP contribution in [-0.2, 0) is 0 Å². The monoisotopic (exact) mass is 268 g/mol. The van der Waals surface area contributed by atoms with Crippen molar-refractivity contribution in [2.45, 2.75) is 6.92 Å². The summed E-state index contributed by atoms with van der Waals surface area (Å²) in [6, 6.07) is 0. The van der Waals surface area contributed by atoms with Gasteiger partial charge in [-0.15, -0.1) is 0 Å². The van der Waals surface area contributed by atoms with E-state index in [9.17, 15) is 0 Å². The molecular weight excluding hydrogens is 260 g/mol. The third kappa shape index (κ3) is 1.99. The minimum Gasteiger partial charge on any atom is -0.480 e. The van der Waals surface area contributed by atoms with Gasteiger partial charge in [0, 0.05) is 6.20 Å². The van der Waals surface area contributed by atoms with Gasteiger partial charge in [-0.3, -0.25) is 0 Å². The SMILES string of the molecule is COc1nc(-n2cc(C)cn2)ncc1Br. The number of halogens is 1. The third-order valence-corrected chi connectivity index (χ3v) is 2.35. The van der Waals surface area contributed by atoms with Gasteiger partial charge in [0.1, 0.15) is 0 Å². The molecule has 0 saturated heterocycles. The van der Waals surface area contributed by atoms with Gasteiger partial charge in [0.25, 0.3) is 5.95 Å². The molecule has 0 atom stereocenters. The molecule has 2 aromatic heterocycles. The van der Waals surface area contributed by atoms with Gasteiger partial charge in [-0.25, -0.2) is 9.67 Å². The molecule has 0 radical (unpaired) electrons. The van der Waals surface area contributed by atoms with Crippen molar-refractivity contribution in [3.05, 3.63) is 28.6 Å². The van der Waals surface area contributed by atoms with Crippen LogP contribution >= 0.6 is 15.9 Å². The summed E-state index contributed by atoms with van der Waals surface area (Å²) in [5.41, 5.74) is 1.06. The van der Waals surface area contributed by atoms with Gasteiger partial charge in [-0.2, -0.15) is 10.1 Å². The van der Waals surface area contributed by atoms with E-state index < -0.39 is 0 Å². The van der Waals surface area contributed by atoms with Crippen LogP contribution in [-0.4, -0.2) is 26.9 Å². The van der Waals surface area contributed by atoms with Crippen molar-refractivity contribution < 1.29 is 4.74 Å². The van der Waals surface area contributed by atoms with Crippen LogP contribution < -0.4 is 4.74 Å². The standard InChI is InChI=1S/C9H9BrN4O/c1-6-3-12-14(5-6)9-11-4-7(10)8(13-9)15-2/h3-5H,1-2H3. The molecule has 0 aliphatic carbocycles. The number of nitrogens with zero attached hydrogens (tertiary/aromatic N) is 4. The van der Waals surface area contributed by atoms with E-state index in [1.807, 2.05) is 13.1 Å². The van der Waals surface area contributed by atoms with Gasteiger partial charge in [0.15, 0.2) is 0 Å². The van der Waals surface area contributed by atoms with Gasteiger partial charge >= 0.3 is 0 Å². The number of hydrogen-bond donors (Lipinski definition) is 0. The van der Waals surface area contributed by atoms with E-state index in [4.69, 9.17) is 4.74 Å². The van der Waals surface area contributed by atoms with E-state index in [2.05, 4.69) is 31.0 Å². The molecule has 2 aromatic rings. The summed E-state index contributed by atoms with van der Waals surface area (Å²) in [6.07, 6.45) is 5.23. The van der Waals surface area contributed by atoms with Crippen LogP contribution in [0.3, 0.4) is 0 Å². The molecule has 0 amide bonds. The lowest BCUT2D eigenvalue weighted by Crippen LogP contribution is -2.03. The highest BCUT2D eigenvalue weighted by atomic mass is 79.9. The van der Waals surface area contributed by atoms with E-state index >= 15 is 0 Å². The predicted octanol–water partition coefficient (Wildman–Crippen LogP) is 1.74. The largest absolute Gasteiger partial charge is 0.480 e. The maximum atomic E-state index is 5.07. The molecule has 0 bridgehead atoms. The number of rotatable bonds is 2. The highest BCUT2D eigenvalue weighted by Crippen LogP contribution is 2.21. The second kappa shape index (κ2) is 3.98. The molecule has 0 aliphatic rings. The highest BCUT2D eigenvalue weighted by Gasteiger charge is 2.07. The minimum absolute atomic E-state index is 0.489. The van der Waals surface area contributed by atoms with E-state index in [0.29, 0.717) is 11.8 Å². The molecule has 0 saturated carbocycles. The summed E-state index contributed by atoms with van der Waals surface area (Å²) in [6.45, 7) is 1.96. The maximum Gasteiger partial charge on any atom is 0.253 e. The van der Waals surface area contributed by atoms with Gasteiger partial charge in [0.05, 0.1) is 24.0 Å². The van der Waals surface area contributed by atoms with E-state index in [-0.39, 0.29) is 0 Å². The molecule has 78 valence electrons. The lowest BCUT2D eigenvalue weighted by atomic mass is 10.4. The number of aryl methyl sites for hydroxylation is 1. The first-order valence-corrected chi connectivity index (χ1v) is 5.08. The predicted molar refractivity (Wildman–Crippen MR) is 58.1 cm³/mol. The van der Waals surface area contributed by atoms with E-state index in [0.717, 1.165) is 10.0 Å². The Morgan fingerprint density at radius 2 is 2.20 bits per heavy atom. The first kappa shape index (κ1) is 10.1. The first-order chi connectivity index (χ1) is 7.20. The number of ether oxygens (including phenoxy) is 1. The van der Waals surface area contributed by atoms with Crippen molar-refractivity contribution in [3.8, 4) is 11.8 Å². The van der Waals surface area contributed by atoms with Crippen LogP contribution in [0.5, 0.6) is 5.88 Å². The third-order valence-electron chi connectivity index (χ3n) is 1.81. The number of methoxy groups -OCH3 is 1. The Kier molecular flexibility index (Phi) is 2.68. The van der Waals surface area contributed by atoms with Crippen LogP contribution in [0.15, 0.2) is 23.1 Å². The Balaban J connectivity index is 2.45. The molecule has 2 heterocycles. The lowest BCUT2D eigenvalue weighted by molar-refractivity contribution is 0.392. The van der Waals surface area contributed by atoms with Crippen LogP contribution in [0.2, 0.25) is 0 Å². The second-order valence-electron chi connectivity index (χ2n) is 2.99. The van der Waals surface area contributed by atoms with Crippen LogP contribution in [0, 0.1) is 6.92 Å². The zero-order valence-electron chi connectivity index (χ0n) is 8.31. The molecule has 6 heteroatoms. The van der Waals surface area contributed by atoms with E-state index in [1.165, 1.54) is 0 Å². The normalized spacial score (nSPS) is 10.3. The quantitative estimate of drug-likeness (QED) is 0.833. The summed E-state index contributed by atoms with van der Waals surface area (Å²) in [5, 5.41) is 4.11. The fourth-order valence-electron chi connectivity index (χ4n) is 1.12. The Hall–Kier alpha value is -1.43. The fourth-order valence-corrected chi connectivity index (χ4v) is 1.47. The summed E-state index contributed by atoms with van der Waals surface area (Å²) in [7, 11) is 1.56. The molecular formula is C9H9BrN4O. The average molecular weight is 269 g/mol. The number of hydrogen-bond acceptors (Lipinski definition) is 4. The van der Waals surface area contributed by atoms with Crippen LogP contribution in [0.25, 0.3) is 5.95 Å². The summed E-state index contributed by atoms with van der Waals surface area (Å²) in [4.78, 5) is 8.33. The Labute approximate surface area is 95.2 Å². The maximum absolute atomic E-state index is 5.07. The molecule has 2 rings (SSSR count). The smallest absolute Gasteiger partial charge is 0.253 e. The van der Waals surface area contributed by atoms with Crippen molar-refractivity contribution in [2.75, 3.05) is 7.11 Å². The van der Waals surface area contributed by atoms with E-state index in [1.54, 1.807) is 24.2 Å². The summed E-state index contributed by atoms with van der Waals surface area (Å²) >= 11 is 3.29. The molecule has 0 aliphatic heterocycles. The zero-order valence-corrected chi connectivity index (χ0v) is 9.89. The molecule has 0 aromatic carbocycles. The van der Waals surface area contributed by atoms with Crippen molar-refractivity contribution in [1.29, 1.82) is 0 Å². The lowest BCUT2D eigenvalue weighted by Gasteiger charge is -2.03. The highest BCUT2D eigenvalue weighted by molar-refractivity contribution is 9.10. The molecule has 0 fully saturated rings. The Morgan fingerprint density at radius 3 is 2.80 bits per heavy atom. The zero-order chi connectivity index (χ0) is 10.8. The molecule has 5 nitrogen and oxygen atoms in total. The second-order valence-corrected chi connectivity index (χ2v) is 3.84. The first-order valence-electron chi connectivity index (χ1n) is 4.29. The summed E-state index contributed by atoms with van der Waals surface area (Å²) < 4.78 is 7.40. The number of aromatic nitrogens is 4. The molecule has 15 heavy (non-hydrogen) atoms. The van der Waals surface area contributed by atoms with Crippen molar-refractivity contribution >= 4 is 15.9 Å².